The number of hydrogen-bond acceptors (Lipinski definition) is 0. The van der Waals surface area contributed by atoms with E-state index in [1.54, 1.807) is 25.7 Å². The summed E-state index contributed by atoms with van der Waals surface area (Å²) in [7, 11) is 0. The first kappa shape index (κ1) is 18.3. The van der Waals surface area contributed by atoms with Crippen LogP contribution in [0.4, 0.5) is 0 Å². The van der Waals surface area contributed by atoms with Crippen molar-refractivity contribution >= 4 is 0 Å². The Kier molecular flexibility index (Phi) is 1.51. The minimum atomic E-state index is 1.08. The van der Waals surface area contributed by atoms with E-state index in [4.69, 9.17) is 0 Å². The molecular weight excluding hydrogens is 540 g/mol. The van der Waals surface area contributed by atoms with Crippen LogP contribution in [0.5, 0.6) is 0 Å². The third-order valence-corrected chi connectivity index (χ3v) is 32.1. The highest BCUT2D eigenvalue weighted by molar-refractivity contribution is 5.79. The smallest absolute Gasteiger partial charge is 0.00932 e. The highest BCUT2D eigenvalue weighted by atomic mass is 15.4. The zero-order chi connectivity index (χ0) is 26.0. The summed E-state index contributed by atoms with van der Waals surface area (Å²) in [6.07, 6.45) is 6.78. The van der Waals surface area contributed by atoms with Gasteiger partial charge in [0.1, 0.15) is 0 Å². The van der Waals surface area contributed by atoms with Crippen molar-refractivity contribution < 1.29 is 0 Å². The van der Waals surface area contributed by atoms with E-state index in [0.717, 1.165) is 37.9 Å². The second kappa shape index (κ2) is 3.71. The van der Waals surface area contributed by atoms with Crippen LogP contribution >= 0.6 is 0 Å². The van der Waals surface area contributed by atoms with Crippen LogP contribution in [0.1, 0.15) is 25.7 Å². The fourth-order valence-corrected chi connectivity index (χ4v) is 36.1. The van der Waals surface area contributed by atoms with Crippen LogP contribution in [0.3, 0.4) is 0 Å². The van der Waals surface area contributed by atoms with Crippen LogP contribution in [0.15, 0.2) is 0 Å². The van der Waals surface area contributed by atoms with E-state index in [1.165, 1.54) is 201 Å². The van der Waals surface area contributed by atoms with Gasteiger partial charge < -0.3 is 0 Å². The Hall–Kier alpha value is 0. The van der Waals surface area contributed by atoms with Crippen LogP contribution in [0.2, 0.25) is 0 Å². The van der Waals surface area contributed by atoms with Gasteiger partial charge in [0.25, 0.3) is 0 Å². The molecule has 45 heavy (non-hydrogen) atoms. The Bertz CT molecular complexity index is 2000. The predicted octanol–water partition coefficient (Wildman–Crippen LogP) is 5.74. The molecule has 0 bridgehead atoms. The van der Waals surface area contributed by atoms with Gasteiger partial charge in [0.05, 0.1) is 0 Å². The standard InChI is InChI=1S/C45H42/c1-2-6-5(1)9-10(6)12-11(9)13-14(12)16-15(13)17-18(16)20-19(17)21-26-22(20)28-32-36-38-34-30-25-8-4-3-7-23(8)39(25)24(7)29-33-37-35-31-27(21)40(26,28)42(31,32)44(35,36)45(37,38)43(33,34)41(29,30)39/h5-38H,1-4H2/t5?,6?,7?,8?,9?,10?,11?,12?,13?,14?,15?,16?,17?,18?,19?,20?,21-,22?,23?,24?,25?,26?,27?,28?,29?,30?,31+,32?,33?,34?,35?,36?,37?,38?,39?,40?,41?,42?,43?,44?,45?/m0/s1. The molecule has 25 aliphatic rings. The fraction of sp³-hybridized carbons (Fsp3) is 1.00. The van der Waals surface area contributed by atoms with Crippen molar-refractivity contribution in [1.29, 1.82) is 0 Å². The SMILES string of the molecule is C1CC2C1C1C2C2C1C1C2C2C1C1C2C2C1C1C3C4C5C6C7C8C9C%10CCC%11C%10C9%10C%11C9C%11C%12C%13[C@H]%14C%15[C@@H]2C1C3%15C4%14C5%13C6%12C7%11C89%10. The molecule has 41 atom stereocenters. The molecule has 222 valence electrons. The lowest BCUT2D eigenvalue weighted by molar-refractivity contribution is -0.886. The molecule has 0 amide bonds. The monoisotopic (exact) mass is 582 g/mol. The molecule has 0 heterocycles. The molecule has 0 aromatic rings. The number of fused-ring (bicyclic) bond motifs is 37. The largest absolute Gasteiger partial charge is 0.0496 e. The Balaban J connectivity index is 0.668. The van der Waals surface area contributed by atoms with E-state index in [0.29, 0.717) is 0 Å². The van der Waals surface area contributed by atoms with Gasteiger partial charge in [-0.3, -0.25) is 0 Å². The molecule has 0 aromatic heterocycles. The summed E-state index contributed by atoms with van der Waals surface area (Å²) in [5.74, 6) is 45.7. The van der Waals surface area contributed by atoms with E-state index < -0.39 is 0 Å². The molecule has 25 rings (SSSR count). The highest BCUT2D eigenvalue weighted by Gasteiger charge is 3.33. The lowest BCUT2D eigenvalue weighted by Crippen LogP contribution is -3.32. The average Bonchev–Trinajstić information content (AvgIpc) is 3.29. The summed E-state index contributed by atoms with van der Waals surface area (Å²) >= 11 is 0. The van der Waals surface area contributed by atoms with Crippen LogP contribution in [0, 0.1) is 239 Å². The third-order valence-electron chi connectivity index (χ3n) is 32.1. The molecule has 0 radical (unpaired) electrons. The fourth-order valence-electron chi connectivity index (χ4n) is 36.1. The van der Waals surface area contributed by atoms with Crippen molar-refractivity contribution in [3.05, 3.63) is 0 Å². The van der Waals surface area contributed by atoms with Crippen LogP contribution in [-0.2, 0) is 0 Å². The van der Waals surface area contributed by atoms with Gasteiger partial charge in [-0.15, -0.1) is 0 Å². The van der Waals surface area contributed by atoms with Crippen LogP contribution in [-0.4, -0.2) is 0 Å². The molecule has 0 N–H and O–H groups in total. The Morgan fingerprint density at radius 2 is 0.511 bits per heavy atom. The minimum Gasteiger partial charge on any atom is -0.0496 e. The zero-order valence-electron chi connectivity index (χ0n) is 26.0. The van der Waals surface area contributed by atoms with Gasteiger partial charge in [-0.2, -0.15) is 0 Å². The minimum absolute atomic E-state index is 1.08. The van der Waals surface area contributed by atoms with E-state index in [-0.39, 0.29) is 0 Å². The van der Waals surface area contributed by atoms with Gasteiger partial charge >= 0.3 is 0 Å². The third kappa shape index (κ3) is 0.739. The molecule has 0 nitrogen and oxygen atoms in total. The Morgan fingerprint density at radius 1 is 0.200 bits per heavy atom. The van der Waals surface area contributed by atoms with Crippen LogP contribution < -0.4 is 0 Å². The maximum absolute atomic E-state index is 1.72. The van der Waals surface area contributed by atoms with Gasteiger partial charge in [-0.1, -0.05) is 0 Å². The second-order valence-electron chi connectivity index (χ2n) is 26.5. The van der Waals surface area contributed by atoms with Crippen molar-refractivity contribution in [3.63, 3.8) is 0 Å². The molecule has 25 aliphatic carbocycles. The van der Waals surface area contributed by atoms with Gasteiger partial charge in [0, 0.05) is 0 Å². The maximum atomic E-state index is 1.72. The second-order valence-corrected chi connectivity index (χ2v) is 26.5. The first-order chi connectivity index (χ1) is 22.4. The van der Waals surface area contributed by atoms with E-state index >= 15 is 0 Å². The summed E-state index contributed by atoms with van der Waals surface area (Å²) in [6.45, 7) is 0. The molecule has 0 saturated heterocycles. The first-order valence-electron chi connectivity index (χ1n) is 22.4. The Morgan fingerprint density at radius 3 is 0.956 bits per heavy atom. The molecule has 25 fully saturated rings. The summed E-state index contributed by atoms with van der Waals surface area (Å²) in [4.78, 5) is 0. The van der Waals surface area contributed by atoms with Crippen molar-refractivity contribution in [2.45, 2.75) is 25.7 Å². The summed E-state index contributed by atoms with van der Waals surface area (Å²) in [5.41, 5.74) is 7.62. The Labute approximate surface area is 264 Å². The van der Waals surface area contributed by atoms with Gasteiger partial charge in [0.15, 0.2) is 0 Å². The molecule has 0 aliphatic heterocycles. The molecule has 7 spiro atoms. The molecule has 39 unspecified atom stereocenters. The first-order valence-corrected chi connectivity index (χ1v) is 22.4. The predicted molar refractivity (Wildman–Crippen MR) is 154 cm³/mol. The highest BCUT2D eigenvalue weighted by Crippen LogP contribution is 3.35. The number of rotatable bonds is 0. The van der Waals surface area contributed by atoms with Crippen LogP contribution in [0.25, 0.3) is 0 Å². The molecule has 0 heteroatoms. The maximum Gasteiger partial charge on any atom is -0.00932 e. The van der Waals surface area contributed by atoms with Gasteiger partial charge in [-0.25, -0.2) is 0 Å². The summed E-state index contributed by atoms with van der Waals surface area (Å²) in [6, 6.07) is 0. The quantitative estimate of drug-likeness (QED) is 0.320. The lowest BCUT2D eigenvalue weighted by atomic mass is 8.69. The lowest BCUT2D eigenvalue weighted by Gasteiger charge is -3.34. The summed E-state index contributed by atoms with van der Waals surface area (Å²) < 4.78 is 0. The topological polar surface area (TPSA) is 0 Å². The van der Waals surface area contributed by atoms with Crippen molar-refractivity contribution in [3.8, 4) is 0 Å². The molecular formula is C45H42. The van der Waals surface area contributed by atoms with E-state index in [2.05, 4.69) is 0 Å². The van der Waals surface area contributed by atoms with Crippen molar-refractivity contribution in [2.75, 3.05) is 0 Å². The molecule has 0 aromatic carbocycles. The van der Waals surface area contributed by atoms with E-state index in [1.807, 2.05) is 0 Å². The normalized spacial score (nSPS) is 114. The summed E-state index contributed by atoms with van der Waals surface area (Å²) in [5, 5.41) is 0. The molecule has 25 saturated carbocycles. The van der Waals surface area contributed by atoms with E-state index in [9.17, 15) is 0 Å². The number of hydrogen-bond donors (Lipinski definition) is 0. The van der Waals surface area contributed by atoms with Crippen molar-refractivity contribution in [1.82, 2.24) is 0 Å². The van der Waals surface area contributed by atoms with Gasteiger partial charge in [0.2, 0.25) is 0 Å². The zero-order valence-corrected chi connectivity index (χ0v) is 26.0. The van der Waals surface area contributed by atoms with Crippen molar-refractivity contribution in [2.24, 2.45) is 239 Å². The average molecular weight is 583 g/mol. The van der Waals surface area contributed by atoms with Gasteiger partial charge in [-0.05, 0) is 265 Å².